The third kappa shape index (κ3) is 5.49. The van der Waals surface area contributed by atoms with Crippen LogP contribution in [0.15, 0.2) is 24.5 Å². The minimum absolute atomic E-state index is 0.282. The minimum Gasteiger partial charge on any atom is -0.332 e. The standard InChI is InChI=1S/C25H37N3O/c1-18(2)13-25(29)28(22-9-7-6-8-10-22)17-24-26-11-12-27(24)16-23-20(4)14-19(3)15-21(23)5/h11-12,14-15,18,22H,6-10,13,16-17H2,1-5H3. The summed E-state index contributed by atoms with van der Waals surface area (Å²) in [5.74, 6) is 1.65. The molecule has 3 rings (SSSR count). The summed E-state index contributed by atoms with van der Waals surface area (Å²) < 4.78 is 2.23. The number of aromatic nitrogens is 2. The van der Waals surface area contributed by atoms with Crippen molar-refractivity contribution in [2.45, 2.75) is 92.3 Å². The number of hydrogen-bond donors (Lipinski definition) is 0. The number of hydrogen-bond acceptors (Lipinski definition) is 2. The molecule has 2 aromatic rings. The summed E-state index contributed by atoms with van der Waals surface area (Å²) in [6.45, 7) is 12.2. The summed E-state index contributed by atoms with van der Waals surface area (Å²) in [5, 5.41) is 0. The van der Waals surface area contributed by atoms with E-state index in [1.165, 1.54) is 41.5 Å². The molecule has 4 heteroatoms. The summed E-state index contributed by atoms with van der Waals surface area (Å²) >= 11 is 0. The van der Waals surface area contributed by atoms with Crippen molar-refractivity contribution in [3.63, 3.8) is 0 Å². The molecule has 0 aliphatic heterocycles. The Morgan fingerprint density at radius 3 is 2.41 bits per heavy atom. The molecule has 1 aliphatic carbocycles. The normalized spacial score (nSPS) is 15.1. The minimum atomic E-state index is 0.282. The van der Waals surface area contributed by atoms with Crippen molar-refractivity contribution in [1.82, 2.24) is 14.5 Å². The fourth-order valence-electron chi connectivity index (χ4n) is 4.70. The number of benzene rings is 1. The van der Waals surface area contributed by atoms with Gasteiger partial charge in [-0.05, 0) is 56.2 Å². The molecule has 0 unspecified atom stereocenters. The molecule has 1 fully saturated rings. The molecule has 4 nitrogen and oxygen atoms in total. The molecule has 1 heterocycles. The van der Waals surface area contributed by atoms with Gasteiger partial charge in [-0.1, -0.05) is 50.8 Å². The van der Waals surface area contributed by atoms with Crippen molar-refractivity contribution in [2.24, 2.45) is 5.92 Å². The lowest BCUT2D eigenvalue weighted by molar-refractivity contribution is -0.135. The lowest BCUT2D eigenvalue weighted by Crippen LogP contribution is -2.42. The van der Waals surface area contributed by atoms with Crippen LogP contribution in [0, 0.1) is 26.7 Å². The second kappa shape index (κ2) is 9.60. The van der Waals surface area contributed by atoms with Crippen LogP contribution in [0.5, 0.6) is 0 Å². The third-order valence-electron chi connectivity index (χ3n) is 6.20. The summed E-state index contributed by atoms with van der Waals surface area (Å²) in [4.78, 5) is 19.9. The maximum atomic E-state index is 13.1. The first kappa shape index (κ1) is 21.6. The van der Waals surface area contributed by atoms with Crippen LogP contribution in [0.3, 0.4) is 0 Å². The van der Waals surface area contributed by atoms with Crippen LogP contribution in [-0.2, 0) is 17.9 Å². The molecule has 1 aromatic carbocycles. The summed E-state index contributed by atoms with van der Waals surface area (Å²) in [6.07, 6.45) is 10.6. The van der Waals surface area contributed by atoms with E-state index in [1.807, 2.05) is 6.20 Å². The van der Waals surface area contributed by atoms with E-state index in [-0.39, 0.29) is 5.91 Å². The van der Waals surface area contributed by atoms with Crippen molar-refractivity contribution in [1.29, 1.82) is 0 Å². The Morgan fingerprint density at radius 2 is 1.79 bits per heavy atom. The molecule has 0 N–H and O–H groups in total. The monoisotopic (exact) mass is 395 g/mol. The van der Waals surface area contributed by atoms with Gasteiger partial charge in [0, 0.05) is 31.4 Å². The molecule has 0 radical (unpaired) electrons. The second-order valence-electron chi connectivity index (χ2n) is 9.26. The van der Waals surface area contributed by atoms with Gasteiger partial charge in [0.1, 0.15) is 5.82 Å². The topological polar surface area (TPSA) is 38.1 Å². The van der Waals surface area contributed by atoms with E-state index in [2.05, 4.69) is 67.4 Å². The number of amides is 1. The molecule has 0 spiro atoms. The lowest BCUT2D eigenvalue weighted by atomic mass is 9.93. The van der Waals surface area contributed by atoms with E-state index in [0.29, 0.717) is 24.9 Å². The number of nitrogens with zero attached hydrogens (tertiary/aromatic N) is 3. The van der Waals surface area contributed by atoms with E-state index in [0.717, 1.165) is 25.2 Å². The van der Waals surface area contributed by atoms with Gasteiger partial charge in [-0.3, -0.25) is 4.79 Å². The Hall–Kier alpha value is -2.10. The predicted octanol–water partition coefficient (Wildman–Crippen LogP) is 5.56. The molecule has 158 valence electrons. The Morgan fingerprint density at radius 1 is 1.14 bits per heavy atom. The van der Waals surface area contributed by atoms with Crippen LogP contribution in [0.4, 0.5) is 0 Å². The average molecular weight is 396 g/mol. The van der Waals surface area contributed by atoms with E-state index in [9.17, 15) is 4.79 Å². The van der Waals surface area contributed by atoms with Gasteiger partial charge in [0.15, 0.2) is 0 Å². The summed E-state index contributed by atoms with van der Waals surface area (Å²) in [7, 11) is 0. The van der Waals surface area contributed by atoms with E-state index < -0.39 is 0 Å². The SMILES string of the molecule is Cc1cc(C)c(Cn2ccnc2CN(C(=O)CC(C)C)C2CCCCC2)c(C)c1. The van der Waals surface area contributed by atoms with Gasteiger partial charge >= 0.3 is 0 Å². The van der Waals surface area contributed by atoms with Crippen LogP contribution in [0.25, 0.3) is 0 Å². The van der Waals surface area contributed by atoms with Crippen LogP contribution in [0.1, 0.15) is 80.5 Å². The number of rotatable bonds is 7. The molecule has 0 bridgehead atoms. The van der Waals surface area contributed by atoms with E-state index in [1.54, 1.807) is 0 Å². The number of imidazole rings is 1. The molecular formula is C25H37N3O. The molecule has 0 atom stereocenters. The zero-order valence-corrected chi connectivity index (χ0v) is 18.9. The first-order chi connectivity index (χ1) is 13.8. The van der Waals surface area contributed by atoms with Gasteiger partial charge < -0.3 is 9.47 Å². The molecule has 1 aliphatic rings. The second-order valence-corrected chi connectivity index (χ2v) is 9.26. The predicted molar refractivity (Wildman–Crippen MR) is 119 cm³/mol. The molecule has 29 heavy (non-hydrogen) atoms. The van der Waals surface area contributed by atoms with Crippen LogP contribution >= 0.6 is 0 Å². The van der Waals surface area contributed by atoms with Gasteiger partial charge in [0.25, 0.3) is 0 Å². The first-order valence-electron chi connectivity index (χ1n) is 11.2. The molecule has 1 amide bonds. The van der Waals surface area contributed by atoms with Gasteiger partial charge in [-0.2, -0.15) is 0 Å². The maximum Gasteiger partial charge on any atom is 0.223 e. The van der Waals surface area contributed by atoms with Gasteiger partial charge in [0.2, 0.25) is 5.91 Å². The lowest BCUT2D eigenvalue weighted by Gasteiger charge is -2.35. The van der Waals surface area contributed by atoms with Crippen LogP contribution in [0.2, 0.25) is 0 Å². The third-order valence-corrected chi connectivity index (χ3v) is 6.20. The first-order valence-corrected chi connectivity index (χ1v) is 11.2. The van der Waals surface area contributed by atoms with Crippen molar-refractivity contribution < 1.29 is 4.79 Å². The quantitative estimate of drug-likeness (QED) is 0.615. The zero-order chi connectivity index (χ0) is 21.0. The molecule has 0 saturated heterocycles. The highest BCUT2D eigenvalue weighted by Gasteiger charge is 2.27. The Labute approximate surface area is 176 Å². The Bertz CT molecular complexity index is 807. The van der Waals surface area contributed by atoms with Crippen LogP contribution < -0.4 is 0 Å². The van der Waals surface area contributed by atoms with Crippen LogP contribution in [-0.4, -0.2) is 26.4 Å². The van der Waals surface area contributed by atoms with Crippen molar-refractivity contribution in [3.05, 3.63) is 52.6 Å². The zero-order valence-electron chi connectivity index (χ0n) is 18.9. The number of carbonyl (C=O) groups is 1. The highest BCUT2D eigenvalue weighted by atomic mass is 16.2. The highest BCUT2D eigenvalue weighted by molar-refractivity contribution is 5.76. The average Bonchev–Trinajstić information content (AvgIpc) is 3.09. The maximum absolute atomic E-state index is 13.1. The Balaban J connectivity index is 1.82. The fraction of sp³-hybridized carbons (Fsp3) is 0.600. The highest BCUT2D eigenvalue weighted by Crippen LogP contribution is 2.26. The van der Waals surface area contributed by atoms with Gasteiger partial charge in [-0.25, -0.2) is 4.98 Å². The fourth-order valence-corrected chi connectivity index (χ4v) is 4.70. The van der Waals surface area contributed by atoms with Gasteiger partial charge in [-0.15, -0.1) is 0 Å². The Kier molecular flexibility index (Phi) is 7.15. The largest absolute Gasteiger partial charge is 0.332 e. The van der Waals surface area contributed by atoms with Crippen molar-refractivity contribution >= 4 is 5.91 Å². The van der Waals surface area contributed by atoms with Gasteiger partial charge in [0.05, 0.1) is 6.54 Å². The van der Waals surface area contributed by atoms with E-state index >= 15 is 0 Å². The van der Waals surface area contributed by atoms with Crippen molar-refractivity contribution in [2.75, 3.05) is 0 Å². The smallest absolute Gasteiger partial charge is 0.223 e. The summed E-state index contributed by atoms with van der Waals surface area (Å²) in [5.41, 5.74) is 5.30. The molecular weight excluding hydrogens is 358 g/mol. The van der Waals surface area contributed by atoms with Crippen molar-refractivity contribution in [3.8, 4) is 0 Å². The summed E-state index contributed by atoms with van der Waals surface area (Å²) in [6, 6.07) is 4.86. The number of aryl methyl sites for hydroxylation is 3. The molecule has 1 saturated carbocycles. The molecule has 1 aromatic heterocycles. The van der Waals surface area contributed by atoms with E-state index in [4.69, 9.17) is 0 Å². The number of carbonyl (C=O) groups excluding carboxylic acids is 1.